The van der Waals surface area contributed by atoms with E-state index in [0.29, 0.717) is 25.9 Å². The van der Waals surface area contributed by atoms with Crippen LogP contribution in [0.5, 0.6) is 0 Å². The van der Waals surface area contributed by atoms with Crippen molar-refractivity contribution in [2.24, 2.45) is 5.92 Å². The molecule has 19 heavy (non-hydrogen) atoms. The van der Waals surface area contributed by atoms with Crippen molar-refractivity contribution in [1.29, 1.82) is 0 Å². The molecule has 0 spiro atoms. The lowest BCUT2D eigenvalue weighted by Gasteiger charge is -2.36. The lowest BCUT2D eigenvalue weighted by atomic mass is 9.92. The molecule has 1 aliphatic heterocycles. The maximum Gasteiger partial charge on any atom is 0.317 e. The van der Waals surface area contributed by atoms with Gasteiger partial charge in [0.1, 0.15) is 0 Å². The number of carboxylic acid groups (broad SMARTS) is 1. The fraction of sp³-hybridized carbons (Fsp3) is 0.583. The van der Waals surface area contributed by atoms with Gasteiger partial charge in [-0.2, -0.15) is 0 Å². The Labute approximate surface area is 111 Å². The molecule has 2 unspecified atom stereocenters. The Balaban J connectivity index is 1.84. The molecule has 2 rings (SSSR count). The van der Waals surface area contributed by atoms with Crippen LogP contribution in [-0.4, -0.2) is 44.6 Å². The highest BCUT2D eigenvalue weighted by Crippen LogP contribution is 2.22. The molecule has 104 valence electrons. The molecular formula is C12H18N4O3. The van der Waals surface area contributed by atoms with Crippen LogP contribution in [0.15, 0.2) is 12.5 Å². The molecule has 1 aliphatic rings. The van der Waals surface area contributed by atoms with E-state index in [-0.39, 0.29) is 18.0 Å². The molecule has 1 aromatic heterocycles. The van der Waals surface area contributed by atoms with Crippen molar-refractivity contribution in [3.63, 3.8) is 0 Å². The summed E-state index contributed by atoms with van der Waals surface area (Å²) < 4.78 is 0. The highest BCUT2D eigenvalue weighted by Gasteiger charge is 2.32. The van der Waals surface area contributed by atoms with Crippen molar-refractivity contribution in [2.45, 2.75) is 32.4 Å². The largest absolute Gasteiger partial charge is 0.481 e. The number of urea groups is 1. The van der Waals surface area contributed by atoms with Crippen LogP contribution in [0.25, 0.3) is 0 Å². The molecule has 2 amide bonds. The second kappa shape index (κ2) is 5.73. The molecule has 1 aromatic rings. The Bertz CT molecular complexity index is 446. The van der Waals surface area contributed by atoms with E-state index in [1.54, 1.807) is 17.4 Å². The summed E-state index contributed by atoms with van der Waals surface area (Å²) in [5.41, 5.74) is 0.835. The summed E-state index contributed by atoms with van der Waals surface area (Å²) in [6.07, 6.45) is 4.23. The van der Waals surface area contributed by atoms with E-state index in [4.69, 9.17) is 5.11 Å². The van der Waals surface area contributed by atoms with Gasteiger partial charge >= 0.3 is 12.0 Å². The summed E-state index contributed by atoms with van der Waals surface area (Å²) in [4.78, 5) is 31.4. The second-order valence-electron chi connectivity index (χ2n) is 4.84. The van der Waals surface area contributed by atoms with Gasteiger partial charge < -0.3 is 20.3 Å². The Hall–Kier alpha value is -2.05. The summed E-state index contributed by atoms with van der Waals surface area (Å²) in [6, 6.07) is -0.220. The first-order valence-corrected chi connectivity index (χ1v) is 6.32. The maximum atomic E-state index is 12.0. The quantitative estimate of drug-likeness (QED) is 0.753. The second-order valence-corrected chi connectivity index (χ2v) is 4.84. The normalized spacial score (nSPS) is 23.1. The number of carboxylic acids is 1. The van der Waals surface area contributed by atoms with Crippen LogP contribution in [0.3, 0.4) is 0 Å². The van der Waals surface area contributed by atoms with Gasteiger partial charge in [-0.15, -0.1) is 0 Å². The Morgan fingerprint density at radius 3 is 3.00 bits per heavy atom. The van der Waals surface area contributed by atoms with Gasteiger partial charge in [0.2, 0.25) is 0 Å². The fourth-order valence-corrected chi connectivity index (χ4v) is 2.35. The molecule has 0 bridgehead atoms. The average Bonchev–Trinajstić information content (AvgIpc) is 2.88. The SMILES string of the molecule is CC1CC(C(=O)O)CCN1C(=O)NCc1cnc[nH]1. The van der Waals surface area contributed by atoms with Crippen molar-refractivity contribution in [3.05, 3.63) is 18.2 Å². The van der Waals surface area contributed by atoms with Crippen LogP contribution in [0.2, 0.25) is 0 Å². The lowest BCUT2D eigenvalue weighted by molar-refractivity contribution is -0.143. The number of amides is 2. The van der Waals surface area contributed by atoms with E-state index in [0.717, 1.165) is 5.69 Å². The summed E-state index contributed by atoms with van der Waals surface area (Å²) in [7, 11) is 0. The standard InChI is InChI=1S/C12H18N4O3/c1-8-4-9(11(17)18)2-3-16(8)12(19)14-6-10-5-13-7-15-10/h5,7-9H,2-4,6H2,1H3,(H,13,15)(H,14,19)(H,17,18). The zero-order chi connectivity index (χ0) is 13.8. The molecule has 2 heterocycles. The number of carbonyl (C=O) groups excluding carboxylic acids is 1. The Morgan fingerprint density at radius 1 is 1.63 bits per heavy atom. The number of hydrogen-bond acceptors (Lipinski definition) is 3. The number of H-pyrrole nitrogens is 1. The highest BCUT2D eigenvalue weighted by molar-refractivity contribution is 5.75. The number of aliphatic carboxylic acids is 1. The van der Waals surface area contributed by atoms with Gasteiger partial charge in [-0.25, -0.2) is 9.78 Å². The van der Waals surface area contributed by atoms with E-state index in [9.17, 15) is 9.59 Å². The van der Waals surface area contributed by atoms with E-state index in [1.807, 2.05) is 6.92 Å². The number of rotatable bonds is 3. The highest BCUT2D eigenvalue weighted by atomic mass is 16.4. The van der Waals surface area contributed by atoms with Crippen LogP contribution in [0.1, 0.15) is 25.5 Å². The number of carbonyl (C=O) groups is 2. The number of imidazole rings is 1. The third-order valence-electron chi connectivity index (χ3n) is 3.47. The van der Waals surface area contributed by atoms with Gasteiger partial charge in [0.25, 0.3) is 0 Å². The number of nitrogens with one attached hydrogen (secondary N) is 2. The van der Waals surface area contributed by atoms with Crippen molar-refractivity contribution < 1.29 is 14.7 Å². The third-order valence-corrected chi connectivity index (χ3v) is 3.47. The number of aromatic nitrogens is 2. The van der Waals surface area contributed by atoms with Crippen molar-refractivity contribution in [3.8, 4) is 0 Å². The molecule has 7 heteroatoms. The summed E-state index contributed by atoms with van der Waals surface area (Å²) >= 11 is 0. The molecule has 0 saturated carbocycles. The summed E-state index contributed by atoms with van der Waals surface area (Å²) in [6.45, 7) is 2.75. The topological polar surface area (TPSA) is 98.3 Å². The number of likely N-dealkylation sites (tertiary alicyclic amines) is 1. The molecule has 1 saturated heterocycles. The molecule has 1 fully saturated rings. The van der Waals surface area contributed by atoms with Crippen LogP contribution in [-0.2, 0) is 11.3 Å². The summed E-state index contributed by atoms with van der Waals surface area (Å²) in [5, 5.41) is 11.8. The van der Waals surface area contributed by atoms with Crippen LogP contribution < -0.4 is 5.32 Å². The Kier molecular flexibility index (Phi) is 4.03. The van der Waals surface area contributed by atoms with Gasteiger partial charge in [-0.1, -0.05) is 0 Å². The van der Waals surface area contributed by atoms with Gasteiger partial charge in [-0.3, -0.25) is 4.79 Å². The van der Waals surface area contributed by atoms with Crippen molar-refractivity contribution in [2.75, 3.05) is 6.54 Å². The first-order valence-electron chi connectivity index (χ1n) is 6.32. The number of piperidine rings is 1. The zero-order valence-electron chi connectivity index (χ0n) is 10.8. The smallest absolute Gasteiger partial charge is 0.317 e. The van der Waals surface area contributed by atoms with Gasteiger partial charge in [0.05, 0.1) is 24.5 Å². The molecule has 7 nitrogen and oxygen atoms in total. The minimum Gasteiger partial charge on any atom is -0.481 e. The van der Waals surface area contributed by atoms with Crippen LogP contribution >= 0.6 is 0 Å². The van der Waals surface area contributed by atoms with E-state index >= 15 is 0 Å². The van der Waals surface area contributed by atoms with Gasteiger partial charge in [0.15, 0.2) is 0 Å². The molecule has 3 N–H and O–H groups in total. The minimum atomic E-state index is -0.774. The fourth-order valence-electron chi connectivity index (χ4n) is 2.35. The lowest BCUT2D eigenvalue weighted by Crippen LogP contribution is -2.50. The van der Waals surface area contributed by atoms with E-state index in [2.05, 4.69) is 15.3 Å². The number of nitrogens with zero attached hydrogens (tertiary/aromatic N) is 2. The van der Waals surface area contributed by atoms with E-state index < -0.39 is 5.97 Å². The first-order chi connectivity index (χ1) is 9.08. The predicted molar refractivity (Wildman–Crippen MR) is 67.4 cm³/mol. The van der Waals surface area contributed by atoms with Crippen LogP contribution in [0.4, 0.5) is 4.79 Å². The average molecular weight is 266 g/mol. The monoisotopic (exact) mass is 266 g/mol. The molecule has 0 aliphatic carbocycles. The zero-order valence-corrected chi connectivity index (χ0v) is 10.8. The molecule has 0 aromatic carbocycles. The molecule has 2 atom stereocenters. The van der Waals surface area contributed by atoms with Crippen molar-refractivity contribution in [1.82, 2.24) is 20.2 Å². The summed E-state index contributed by atoms with van der Waals surface area (Å²) in [5.74, 6) is -1.11. The van der Waals surface area contributed by atoms with Gasteiger partial charge in [-0.05, 0) is 19.8 Å². The first kappa shape index (κ1) is 13.4. The van der Waals surface area contributed by atoms with Gasteiger partial charge in [0, 0.05) is 18.8 Å². The Morgan fingerprint density at radius 2 is 2.42 bits per heavy atom. The predicted octanol–water partition coefficient (Wildman–Crippen LogP) is 0.804. The van der Waals surface area contributed by atoms with Crippen molar-refractivity contribution >= 4 is 12.0 Å². The van der Waals surface area contributed by atoms with E-state index in [1.165, 1.54) is 0 Å². The number of aromatic amines is 1. The minimum absolute atomic E-state index is 0.0587. The maximum absolute atomic E-state index is 12.0. The molecule has 0 radical (unpaired) electrons. The van der Waals surface area contributed by atoms with Crippen LogP contribution in [0, 0.1) is 5.92 Å². The third kappa shape index (κ3) is 3.24. The number of hydrogen-bond donors (Lipinski definition) is 3. The molecular weight excluding hydrogens is 248 g/mol.